The number of hydrogen-bond acceptors (Lipinski definition) is 5. The van der Waals surface area contributed by atoms with Crippen molar-refractivity contribution in [2.75, 3.05) is 19.6 Å². The van der Waals surface area contributed by atoms with E-state index in [1.165, 1.54) is 23.8 Å². The van der Waals surface area contributed by atoms with Crippen molar-refractivity contribution < 1.29 is 8.42 Å². The Kier molecular flexibility index (Phi) is 6.17. The summed E-state index contributed by atoms with van der Waals surface area (Å²) < 4.78 is 30.0. The Labute approximate surface area is 158 Å². The second-order valence-electron chi connectivity index (χ2n) is 6.90. The van der Waals surface area contributed by atoms with Crippen molar-refractivity contribution >= 4 is 31.6 Å². The second kappa shape index (κ2) is 8.21. The molecule has 1 aliphatic heterocycles. The fourth-order valence-corrected chi connectivity index (χ4v) is 5.76. The summed E-state index contributed by atoms with van der Waals surface area (Å²) in [6.45, 7) is 4.70. The molecule has 1 atom stereocenters. The van der Waals surface area contributed by atoms with E-state index in [-0.39, 0.29) is 9.77 Å². The van der Waals surface area contributed by atoms with Gasteiger partial charge in [0.2, 0.25) is 10.0 Å². The minimum atomic E-state index is -3.55. The SMILES string of the molecule is CC[C@H]1CCCCN1CCCNS(=O)(=O)c1ccc2c(c1)sc(=O)n2C. The summed E-state index contributed by atoms with van der Waals surface area (Å²) in [4.78, 5) is 14.3. The minimum Gasteiger partial charge on any atom is -0.302 e. The lowest BCUT2D eigenvalue weighted by molar-refractivity contribution is 0.143. The van der Waals surface area contributed by atoms with E-state index < -0.39 is 10.0 Å². The number of rotatable bonds is 7. The molecule has 26 heavy (non-hydrogen) atoms. The summed E-state index contributed by atoms with van der Waals surface area (Å²) in [5, 5.41) is 0. The Morgan fingerprint density at radius 1 is 1.31 bits per heavy atom. The summed E-state index contributed by atoms with van der Waals surface area (Å²) in [5.41, 5.74) is 0.759. The van der Waals surface area contributed by atoms with Crippen LogP contribution in [-0.2, 0) is 17.1 Å². The molecule has 8 heteroatoms. The highest BCUT2D eigenvalue weighted by Crippen LogP contribution is 2.21. The van der Waals surface area contributed by atoms with Gasteiger partial charge in [-0.05, 0) is 57.0 Å². The summed E-state index contributed by atoms with van der Waals surface area (Å²) >= 11 is 1.07. The summed E-state index contributed by atoms with van der Waals surface area (Å²) in [6.07, 6.45) is 5.75. The highest BCUT2D eigenvalue weighted by atomic mass is 32.2. The second-order valence-corrected chi connectivity index (χ2v) is 9.66. The molecule has 1 N–H and O–H groups in total. The van der Waals surface area contributed by atoms with Gasteiger partial charge in [0.25, 0.3) is 0 Å². The molecule has 1 fully saturated rings. The number of sulfonamides is 1. The van der Waals surface area contributed by atoms with Gasteiger partial charge in [-0.2, -0.15) is 0 Å². The Morgan fingerprint density at radius 2 is 2.12 bits per heavy atom. The van der Waals surface area contributed by atoms with Crippen molar-refractivity contribution in [1.29, 1.82) is 0 Å². The first-order valence-electron chi connectivity index (χ1n) is 9.25. The molecule has 0 amide bonds. The van der Waals surface area contributed by atoms with Gasteiger partial charge in [0, 0.05) is 19.6 Å². The van der Waals surface area contributed by atoms with E-state index in [0.29, 0.717) is 17.3 Å². The predicted molar refractivity (Wildman–Crippen MR) is 106 cm³/mol. The molecular weight excluding hydrogens is 370 g/mol. The van der Waals surface area contributed by atoms with Gasteiger partial charge in [0.15, 0.2) is 0 Å². The monoisotopic (exact) mass is 397 g/mol. The van der Waals surface area contributed by atoms with E-state index in [1.807, 2.05) is 0 Å². The van der Waals surface area contributed by atoms with Crippen LogP contribution in [0.3, 0.4) is 0 Å². The van der Waals surface area contributed by atoms with Crippen molar-refractivity contribution in [3.63, 3.8) is 0 Å². The number of aromatic nitrogens is 1. The van der Waals surface area contributed by atoms with E-state index in [2.05, 4.69) is 16.5 Å². The van der Waals surface area contributed by atoms with Crippen LogP contribution in [0.2, 0.25) is 0 Å². The van der Waals surface area contributed by atoms with Crippen LogP contribution in [0.1, 0.15) is 39.0 Å². The number of fused-ring (bicyclic) bond motifs is 1. The summed E-state index contributed by atoms with van der Waals surface area (Å²) in [6, 6.07) is 5.49. The molecule has 0 radical (unpaired) electrons. The number of aryl methyl sites for hydroxylation is 1. The lowest BCUT2D eigenvalue weighted by Crippen LogP contribution is -2.40. The first kappa shape index (κ1) is 19.5. The fraction of sp³-hybridized carbons (Fsp3) is 0.611. The van der Waals surface area contributed by atoms with Gasteiger partial charge in [0.05, 0.1) is 15.1 Å². The first-order valence-corrected chi connectivity index (χ1v) is 11.6. The third kappa shape index (κ3) is 4.19. The van der Waals surface area contributed by atoms with Crippen LogP contribution in [0.5, 0.6) is 0 Å². The smallest absolute Gasteiger partial charge is 0.302 e. The van der Waals surface area contributed by atoms with Crippen LogP contribution in [-0.4, -0.2) is 43.6 Å². The van der Waals surface area contributed by atoms with Crippen LogP contribution < -0.4 is 9.60 Å². The van der Waals surface area contributed by atoms with E-state index in [4.69, 9.17) is 0 Å². The molecule has 3 rings (SSSR count). The number of likely N-dealkylation sites (tertiary alicyclic amines) is 1. The summed E-state index contributed by atoms with van der Waals surface area (Å²) in [5.74, 6) is 0. The Balaban J connectivity index is 1.59. The van der Waals surface area contributed by atoms with Gasteiger partial charge in [-0.1, -0.05) is 24.7 Å². The molecule has 2 aromatic rings. The third-order valence-corrected chi connectivity index (χ3v) is 7.66. The quantitative estimate of drug-likeness (QED) is 0.729. The molecule has 0 saturated carbocycles. The highest BCUT2D eigenvalue weighted by Gasteiger charge is 2.20. The first-order chi connectivity index (χ1) is 12.4. The van der Waals surface area contributed by atoms with Crippen molar-refractivity contribution in [2.24, 2.45) is 7.05 Å². The zero-order valence-corrected chi connectivity index (χ0v) is 17.0. The van der Waals surface area contributed by atoms with Crippen molar-refractivity contribution in [3.05, 3.63) is 27.9 Å². The zero-order chi connectivity index (χ0) is 18.7. The van der Waals surface area contributed by atoms with Gasteiger partial charge in [0.1, 0.15) is 0 Å². The summed E-state index contributed by atoms with van der Waals surface area (Å²) in [7, 11) is -1.86. The zero-order valence-electron chi connectivity index (χ0n) is 15.4. The molecular formula is C18H27N3O3S2. The molecule has 1 aromatic carbocycles. The van der Waals surface area contributed by atoms with Crippen molar-refractivity contribution in [3.8, 4) is 0 Å². The van der Waals surface area contributed by atoms with Gasteiger partial charge < -0.3 is 9.47 Å². The maximum absolute atomic E-state index is 12.5. The molecule has 1 aliphatic rings. The average molecular weight is 398 g/mol. The van der Waals surface area contributed by atoms with Gasteiger partial charge >= 0.3 is 4.87 Å². The van der Waals surface area contributed by atoms with Crippen LogP contribution in [0.4, 0.5) is 0 Å². The molecule has 144 valence electrons. The molecule has 0 unspecified atom stereocenters. The average Bonchev–Trinajstić information content (AvgIpc) is 2.92. The lowest BCUT2D eigenvalue weighted by atomic mass is 10.00. The molecule has 0 bridgehead atoms. The molecule has 0 aliphatic carbocycles. The maximum atomic E-state index is 12.5. The molecule has 1 aromatic heterocycles. The van der Waals surface area contributed by atoms with Crippen LogP contribution in [0, 0.1) is 0 Å². The number of benzene rings is 1. The number of nitrogens with one attached hydrogen (secondary N) is 1. The van der Waals surface area contributed by atoms with Crippen LogP contribution in [0.25, 0.3) is 10.2 Å². The van der Waals surface area contributed by atoms with E-state index in [0.717, 1.165) is 42.8 Å². The van der Waals surface area contributed by atoms with E-state index >= 15 is 0 Å². The minimum absolute atomic E-state index is 0.0884. The number of thiazole rings is 1. The van der Waals surface area contributed by atoms with Crippen LogP contribution in [0.15, 0.2) is 27.9 Å². The van der Waals surface area contributed by atoms with Crippen molar-refractivity contribution in [1.82, 2.24) is 14.2 Å². The molecule has 1 saturated heterocycles. The highest BCUT2D eigenvalue weighted by molar-refractivity contribution is 7.89. The van der Waals surface area contributed by atoms with Gasteiger partial charge in [-0.3, -0.25) is 4.79 Å². The number of hydrogen-bond donors (Lipinski definition) is 1. The van der Waals surface area contributed by atoms with Gasteiger partial charge in [-0.25, -0.2) is 13.1 Å². The van der Waals surface area contributed by atoms with E-state index in [9.17, 15) is 13.2 Å². The lowest BCUT2D eigenvalue weighted by Gasteiger charge is -2.35. The Morgan fingerprint density at radius 3 is 2.88 bits per heavy atom. The van der Waals surface area contributed by atoms with Gasteiger partial charge in [-0.15, -0.1) is 0 Å². The standard InChI is InChI=1S/C18H27N3O3S2/c1-3-14-7-4-5-11-21(14)12-6-10-19-26(23,24)15-8-9-16-17(13-15)25-18(22)20(16)2/h8-9,13-14,19H,3-7,10-12H2,1-2H3/t14-/m0/s1. The molecule has 0 spiro atoms. The Bertz CT molecular complexity index is 917. The molecule has 6 nitrogen and oxygen atoms in total. The number of piperidine rings is 1. The van der Waals surface area contributed by atoms with Crippen molar-refractivity contribution in [2.45, 2.75) is 50.0 Å². The topological polar surface area (TPSA) is 71.4 Å². The van der Waals surface area contributed by atoms with Crippen LogP contribution >= 0.6 is 11.3 Å². The fourth-order valence-electron chi connectivity index (χ4n) is 3.67. The maximum Gasteiger partial charge on any atom is 0.307 e. The normalized spacial score (nSPS) is 19.2. The number of nitrogens with zero attached hydrogens (tertiary/aromatic N) is 2. The third-order valence-electron chi connectivity index (χ3n) is 5.21. The Hall–Kier alpha value is -1.22. The largest absolute Gasteiger partial charge is 0.307 e. The predicted octanol–water partition coefficient (Wildman–Crippen LogP) is 2.53. The van der Waals surface area contributed by atoms with E-state index in [1.54, 1.807) is 25.2 Å². The molecule has 2 heterocycles.